The number of aryl methyl sites for hydroxylation is 1. The van der Waals surface area contributed by atoms with Gasteiger partial charge >= 0.3 is 0 Å². The van der Waals surface area contributed by atoms with Crippen molar-refractivity contribution in [3.63, 3.8) is 0 Å². The number of nitrogens with zero attached hydrogens (tertiary/aromatic N) is 1. The van der Waals surface area contributed by atoms with Crippen LogP contribution in [-0.2, 0) is 21.2 Å². The molecule has 0 radical (unpaired) electrons. The number of hydrogen-bond donors (Lipinski definition) is 2. The molecule has 156 valence electrons. The van der Waals surface area contributed by atoms with Crippen molar-refractivity contribution in [2.75, 3.05) is 35.9 Å². The number of sulfonamides is 1. The molecule has 0 atom stereocenters. The third kappa shape index (κ3) is 6.78. The summed E-state index contributed by atoms with van der Waals surface area (Å²) in [6, 6.07) is 15.6. The zero-order valence-corrected chi connectivity index (χ0v) is 17.8. The molecule has 3 rings (SSSR count). The fraction of sp³-hybridized carbons (Fsp3) is 0.409. The molecule has 6 nitrogen and oxygen atoms in total. The van der Waals surface area contributed by atoms with Crippen LogP contribution in [0.25, 0.3) is 0 Å². The van der Waals surface area contributed by atoms with Gasteiger partial charge in [-0.15, -0.1) is 0 Å². The molecule has 0 bridgehead atoms. The van der Waals surface area contributed by atoms with Crippen molar-refractivity contribution in [2.45, 2.75) is 26.2 Å². The first kappa shape index (κ1) is 21.2. The Morgan fingerprint density at radius 1 is 1.00 bits per heavy atom. The normalized spacial score (nSPS) is 15.2. The molecular formula is C22H29N3O3S. The average Bonchev–Trinajstić information content (AvgIpc) is 2.68. The van der Waals surface area contributed by atoms with Crippen LogP contribution in [0.2, 0.25) is 0 Å². The van der Waals surface area contributed by atoms with Crippen LogP contribution in [-0.4, -0.2) is 45.1 Å². The number of likely N-dealkylation sites (tertiary alicyclic amines) is 1. The average molecular weight is 416 g/mol. The van der Waals surface area contributed by atoms with Crippen molar-refractivity contribution in [2.24, 2.45) is 5.92 Å². The van der Waals surface area contributed by atoms with E-state index in [0.29, 0.717) is 11.6 Å². The van der Waals surface area contributed by atoms with Crippen molar-refractivity contribution >= 4 is 27.3 Å². The number of piperidine rings is 1. The molecule has 0 aromatic heterocycles. The molecular weight excluding hydrogens is 386 g/mol. The maximum absolute atomic E-state index is 12.5. The summed E-state index contributed by atoms with van der Waals surface area (Å²) in [4.78, 5) is 14.4. The van der Waals surface area contributed by atoms with Crippen LogP contribution in [0.15, 0.2) is 48.5 Å². The van der Waals surface area contributed by atoms with Crippen LogP contribution < -0.4 is 10.0 Å². The van der Waals surface area contributed by atoms with Crippen LogP contribution in [0.1, 0.15) is 24.0 Å². The van der Waals surface area contributed by atoms with Gasteiger partial charge in [0, 0.05) is 24.5 Å². The Morgan fingerprint density at radius 3 is 2.17 bits per heavy atom. The highest BCUT2D eigenvalue weighted by Gasteiger charge is 2.22. The van der Waals surface area contributed by atoms with Crippen molar-refractivity contribution in [1.29, 1.82) is 0 Å². The van der Waals surface area contributed by atoms with E-state index in [1.54, 1.807) is 24.3 Å². The summed E-state index contributed by atoms with van der Waals surface area (Å²) in [5.41, 5.74) is 3.94. The molecule has 0 unspecified atom stereocenters. The SMILES string of the molecule is Cc1ccc(CC2CCN(C(=O)CNc3ccc(NS(C)(=O)=O)cc3)CC2)cc1. The molecule has 1 saturated heterocycles. The van der Waals surface area contributed by atoms with Gasteiger partial charge in [-0.05, 0) is 61.9 Å². The standard InChI is InChI=1S/C22H29N3O3S/c1-17-3-5-18(6-4-17)15-19-11-13-25(14-12-19)22(26)16-23-20-7-9-21(10-8-20)24-29(2,27)28/h3-10,19,23-24H,11-16H2,1-2H3. The summed E-state index contributed by atoms with van der Waals surface area (Å²) < 4.78 is 24.9. The number of nitrogens with one attached hydrogen (secondary N) is 2. The minimum absolute atomic E-state index is 0.0946. The molecule has 2 aromatic carbocycles. The molecule has 1 heterocycles. The number of anilines is 2. The van der Waals surface area contributed by atoms with Crippen molar-refractivity contribution in [1.82, 2.24) is 4.90 Å². The molecule has 1 aliphatic rings. The fourth-order valence-electron chi connectivity index (χ4n) is 3.60. The molecule has 2 N–H and O–H groups in total. The molecule has 29 heavy (non-hydrogen) atoms. The first-order valence-electron chi connectivity index (χ1n) is 9.93. The molecule has 2 aromatic rings. The Labute approximate surface area is 173 Å². The lowest BCUT2D eigenvalue weighted by molar-refractivity contribution is -0.130. The van der Waals surface area contributed by atoms with Gasteiger partial charge in [-0.3, -0.25) is 9.52 Å². The van der Waals surface area contributed by atoms with Crippen LogP contribution in [0, 0.1) is 12.8 Å². The quantitative estimate of drug-likeness (QED) is 0.728. The summed E-state index contributed by atoms with van der Waals surface area (Å²) in [6.07, 6.45) is 4.26. The summed E-state index contributed by atoms with van der Waals surface area (Å²) in [6.45, 7) is 3.94. The summed E-state index contributed by atoms with van der Waals surface area (Å²) in [5.74, 6) is 0.724. The second kappa shape index (κ2) is 9.31. The minimum Gasteiger partial charge on any atom is -0.376 e. The largest absolute Gasteiger partial charge is 0.376 e. The van der Waals surface area contributed by atoms with Gasteiger partial charge in [-0.1, -0.05) is 29.8 Å². The van der Waals surface area contributed by atoms with E-state index >= 15 is 0 Å². The van der Waals surface area contributed by atoms with Crippen LogP contribution in [0.3, 0.4) is 0 Å². The molecule has 1 amide bonds. The van der Waals surface area contributed by atoms with Gasteiger partial charge in [-0.25, -0.2) is 8.42 Å². The molecule has 0 saturated carbocycles. The first-order valence-corrected chi connectivity index (χ1v) is 11.8. The number of hydrogen-bond acceptors (Lipinski definition) is 4. The second-order valence-corrected chi connectivity index (χ2v) is 9.57. The molecule has 0 aliphatic carbocycles. The Balaban J connectivity index is 1.42. The van der Waals surface area contributed by atoms with Crippen LogP contribution in [0.4, 0.5) is 11.4 Å². The number of amides is 1. The number of carbonyl (C=O) groups excluding carboxylic acids is 1. The molecule has 7 heteroatoms. The fourth-order valence-corrected chi connectivity index (χ4v) is 4.17. The zero-order valence-electron chi connectivity index (χ0n) is 17.0. The maximum Gasteiger partial charge on any atom is 0.241 e. The predicted molar refractivity (Wildman–Crippen MR) is 118 cm³/mol. The van der Waals surface area contributed by atoms with Crippen LogP contribution in [0.5, 0.6) is 0 Å². The number of rotatable bonds is 7. The predicted octanol–water partition coefficient (Wildman–Crippen LogP) is 3.26. The molecule has 1 aliphatic heterocycles. The van der Waals surface area contributed by atoms with Gasteiger partial charge in [-0.2, -0.15) is 0 Å². The van der Waals surface area contributed by atoms with E-state index in [2.05, 4.69) is 41.2 Å². The minimum atomic E-state index is -3.29. The topological polar surface area (TPSA) is 78.5 Å². The van der Waals surface area contributed by atoms with Crippen molar-refractivity contribution in [3.05, 3.63) is 59.7 Å². The van der Waals surface area contributed by atoms with Crippen molar-refractivity contribution in [3.8, 4) is 0 Å². The number of benzene rings is 2. The maximum atomic E-state index is 12.5. The smallest absolute Gasteiger partial charge is 0.241 e. The van der Waals surface area contributed by atoms with E-state index in [-0.39, 0.29) is 12.5 Å². The first-order chi connectivity index (χ1) is 13.8. The van der Waals surface area contributed by atoms with Gasteiger partial charge < -0.3 is 10.2 Å². The lowest BCUT2D eigenvalue weighted by atomic mass is 9.90. The highest BCUT2D eigenvalue weighted by Crippen LogP contribution is 2.22. The Morgan fingerprint density at radius 2 is 1.59 bits per heavy atom. The highest BCUT2D eigenvalue weighted by atomic mass is 32.2. The molecule has 1 fully saturated rings. The Bertz CT molecular complexity index is 917. The van der Waals surface area contributed by atoms with E-state index in [4.69, 9.17) is 0 Å². The Kier molecular flexibility index (Phi) is 6.79. The van der Waals surface area contributed by atoms with Crippen molar-refractivity contribution < 1.29 is 13.2 Å². The third-order valence-corrected chi connectivity index (χ3v) is 5.85. The third-order valence-electron chi connectivity index (χ3n) is 5.24. The van der Waals surface area contributed by atoms with E-state index < -0.39 is 10.0 Å². The van der Waals surface area contributed by atoms with Gasteiger partial charge in [0.2, 0.25) is 15.9 Å². The van der Waals surface area contributed by atoms with Gasteiger partial charge in [0.1, 0.15) is 0 Å². The Hall–Kier alpha value is -2.54. The summed E-state index contributed by atoms with van der Waals surface area (Å²) in [5, 5.41) is 3.12. The lowest BCUT2D eigenvalue weighted by Crippen LogP contribution is -2.41. The van der Waals surface area contributed by atoms with E-state index in [0.717, 1.165) is 44.3 Å². The van der Waals surface area contributed by atoms with E-state index in [1.165, 1.54) is 11.1 Å². The number of carbonyl (C=O) groups is 1. The van der Waals surface area contributed by atoms with Gasteiger partial charge in [0.15, 0.2) is 0 Å². The van der Waals surface area contributed by atoms with Crippen LogP contribution >= 0.6 is 0 Å². The van der Waals surface area contributed by atoms with Gasteiger partial charge in [0.05, 0.1) is 12.8 Å². The summed E-state index contributed by atoms with van der Waals surface area (Å²) >= 11 is 0. The zero-order chi connectivity index (χ0) is 20.9. The summed E-state index contributed by atoms with van der Waals surface area (Å²) in [7, 11) is -3.29. The van der Waals surface area contributed by atoms with Gasteiger partial charge in [0.25, 0.3) is 0 Å². The molecule has 0 spiro atoms. The monoisotopic (exact) mass is 415 g/mol. The van der Waals surface area contributed by atoms with E-state index in [1.807, 2.05) is 4.90 Å². The second-order valence-electron chi connectivity index (χ2n) is 7.82. The lowest BCUT2D eigenvalue weighted by Gasteiger charge is -2.32. The highest BCUT2D eigenvalue weighted by molar-refractivity contribution is 7.92. The van der Waals surface area contributed by atoms with E-state index in [9.17, 15) is 13.2 Å².